The number of thiocarbonyl (C=S) groups is 1. The molecule has 0 bridgehead atoms. The maximum atomic E-state index is 11.4. The SMILES string of the molecule is CCC(=O)Nc1cccc(NC(=S)N(CC)CC)c1. The number of rotatable bonds is 5. The number of amides is 1. The molecular formula is C14H21N3OS. The highest BCUT2D eigenvalue weighted by atomic mass is 32.1. The Balaban J connectivity index is 2.71. The zero-order valence-corrected chi connectivity index (χ0v) is 12.5. The minimum atomic E-state index is 0.00321. The molecule has 0 radical (unpaired) electrons. The molecule has 1 aromatic carbocycles. The lowest BCUT2D eigenvalue weighted by molar-refractivity contribution is -0.115. The first-order valence-corrected chi connectivity index (χ1v) is 6.97. The molecule has 1 amide bonds. The average molecular weight is 279 g/mol. The number of nitrogens with one attached hydrogen (secondary N) is 2. The van der Waals surface area contributed by atoms with Gasteiger partial charge in [0.25, 0.3) is 0 Å². The van der Waals surface area contributed by atoms with E-state index in [1.165, 1.54) is 0 Å². The number of nitrogens with zero attached hydrogens (tertiary/aromatic N) is 1. The lowest BCUT2D eigenvalue weighted by Gasteiger charge is -2.22. The molecule has 0 fully saturated rings. The van der Waals surface area contributed by atoms with Gasteiger partial charge in [-0.2, -0.15) is 0 Å². The molecule has 0 saturated heterocycles. The predicted octanol–water partition coefficient (Wildman–Crippen LogP) is 3.07. The quantitative estimate of drug-likeness (QED) is 0.813. The van der Waals surface area contributed by atoms with Crippen LogP contribution in [0.3, 0.4) is 0 Å². The van der Waals surface area contributed by atoms with Crippen molar-refractivity contribution in [2.24, 2.45) is 0 Å². The summed E-state index contributed by atoms with van der Waals surface area (Å²) in [6.45, 7) is 7.70. The summed E-state index contributed by atoms with van der Waals surface area (Å²) in [5.41, 5.74) is 1.66. The van der Waals surface area contributed by atoms with Gasteiger partial charge in [0.05, 0.1) is 0 Å². The molecule has 0 aliphatic carbocycles. The highest BCUT2D eigenvalue weighted by molar-refractivity contribution is 7.80. The van der Waals surface area contributed by atoms with Crippen LogP contribution in [0, 0.1) is 0 Å². The fraction of sp³-hybridized carbons (Fsp3) is 0.429. The van der Waals surface area contributed by atoms with E-state index < -0.39 is 0 Å². The van der Waals surface area contributed by atoms with Gasteiger partial charge in [0.2, 0.25) is 5.91 Å². The Labute approximate surface area is 120 Å². The highest BCUT2D eigenvalue weighted by Crippen LogP contribution is 2.16. The summed E-state index contributed by atoms with van der Waals surface area (Å²) in [4.78, 5) is 13.4. The summed E-state index contributed by atoms with van der Waals surface area (Å²) in [6, 6.07) is 7.55. The van der Waals surface area contributed by atoms with E-state index in [-0.39, 0.29) is 5.91 Å². The third-order valence-electron chi connectivity index (χ3n) is 2.77. The first kappa shape index (κ1) is 15.4. The summed E-state index contributed by atoms with van der Waals surface area (Å²) in [5.74, 6) is 0.00321. The van der Waals surface area contributed by atoms with E-state index in [1.807, 2.05) is 31.2 Å². The van der Waals surface area contributed by atoms with Crippen molar-refractivity contribution in [3.05, 3.63) is 24.3 Å². The lowest BCUT2D eigenvalue weighted by Crippen LogP contribution is -2.34. The van der Waals surface area contributed by atoms with Crippen LogP contribution in [0.2, 0.25) is 0 Å². The van der Waals surface area contributed by atoms with Crippen molar-refractivity contribution >= 4 is 34.6 Å². The molecule has 0 aliphatic rings. The Morgan fingerprint density at radius 2 is 1.74 bits per heavy atom. The van der Waals surface area contributed by atoms with Crippen molar-refractivity contribution in [2.45, 2.75) is 27.2 Å². The van der Waals surface area contributed by atoms with Crippen LogP contribution in [0.25, 0.3) is 0 Å². The first-order chi connectivity index (χ1) is 9.10. The van der Waals surface area contributed by atoms with Gasteiger partial charge in [0, 0.05) is 30.9 Å². The molecule has 0 aliphatic heterocycles. The van der Waals surface area contributed by atoms with E-state index >= 15 is 0 Å². The van der Waals surface area contributed by atoms with Gasteiger partial charge in [-0.05, 0) is 44.3 Å². The van der Waals surface area contributed by atoms with Gasteiger partial charge < -0.3 is 15.5 Å². The first-order valence-electron chi connectivity index (χ1n) is 6.56. The van der Waals surface area contributed by atoms with E-state index in [0.717, 1.165) is 24.5 Å². The monoisotopic (exact) mass is 279 g/mol. The summed E-state index contributed by atoms with van der Waals surface area (Å²) in [5, 5.41) is 6.71. The van der Waals surface area contributed by atoms with Crippen LogP contribution in [0.1, 0.15) is 27.2 Å². The molecule has 1 aromatic rings. The molecule has 4 nitrogen and oxygen atoms in total. The van der Waals surface area contributed by atoms with Crippen LogP contribution >= 0.6 is 12.2 Å². The third-order valence-corrected chi connectivity index (χ3v) is 3.13. The molecule has 19 heavy (non-hydrogen) atoms. The Bertz CT molecular complexity index is 444. The molecule has 2 N–H and O–H groups in total. The zero-order valence-electron chi connectivity index (χ0n) is 11.7. The average Bonchev–Trinajstić information content (AvgIpc) is 2.40. The molecule has 0 saturated carbocycles. The number of carbonyl (C=O) groups excluding carboxylic acids is 1. The highest BCUT2D eigenvalue weighted by Gasteiger charge is 2.06. The lowest BCUT2D eigenvalue weighted by atomic mass is 10.2. The summed E-state index contributed by atoms with van der Waals surface area (Å²) < 4.78 is 0. The molecule has 0 spiro atoms. The summed E-state index contributed by atoms with van der Waals surface area (Å²) in [7, 11) is 0. The van der Waals surface area contributed by atoms with Crippen molar-refractivity contribution in [1.29, 1.82) is 0 Å². The third kappa shape index (κ3) is 4.87. The smallest absolute Gasteiger partial charge is 0.224 e. The topological polar surface area (TPSA) is 44.4 Å². The Hall–Kier alpha value is -1.62. The fourth-order valence-electron chi connectivity index (χ4n) is 1.64. The summed E-state index contributed by atoms with van der Waals surface area (Å²) >= 11 is 5.34. The van der Waals surface area contributed by atoms with Gasteiger partial charge in [-0.3, -0.25) is 4.79 Å². The number of hydrogen-bond donors (Lipinski definition) is 2. The van der Waals surface area contributed by atoms with E-state index in [2.05, 4.69) is 29.4 Å². The largest absolute Gasteiger partial charge is 0.350 e. The molecule has 0 aromatic heterocycles. The summed E-state index contributed by atoms with van der Waals surface area (Å²) in [6.07, 6.45) is 0.468. The van der Waals surface area contributed by atoms with Crippen molar-refractivity contribution in [3.63, 3.8) is 0 Å². The maximum absolute atomic E-state index is 11.4. The minimum Gasteiger partial charge on any atom is -0.350 e. The second-order valence-corrected chi connectivity index (χ2v) is 4.47. The normalized spacial score (nSPS) is 9.84. The molecule has 1 rings (SSSR count). The molecule has 104 valence electrons. The number of hydrogen-bond acceptors (Lipinski definition) is 2. The Kier molecular flexibility index (Phi) is 6.29. The van der Waals surface area contributed by atoms with Crippen molar-refractivity contribution in [3.8, 4) is 0 Å². The molecule has 0 heterocycles. The van der Waals surface area contributed by atoms with Crippen LogP contribution in [0.5, 0.6) is 0 Å². The Morgan fingerprint density at radius 3 is 2.26 bits per heavy atom. The second-order valence-electron chi connectivity index (χ2n) is 4.08. The van der Waals surface area contributed by atoms with E-state index in [1.54, 1.807) is 0 Å². The van der Waals surface area contributed by atoms with Gasteiger partial charge in [0.15, 0.2) is 5.11 Å². The minimum absolute atomic E-state index is 0.00321. The van der Waals surface area contributed by atoms with Crippen molar-refractivity contribution < 1.29 is 4.79 Å². The number of carbonyl (C=O) groups is 1. The standard InChI is InChI=1S/C14H21N3OS/c1-4-13(18)15-11-8-7-9-12(10-11)16-14(19)17(5-2)6-3/h7-10H,4-6H2,1-3H3,(H,15,18)(H,16,19). The van der Waals surface area contributed by atoms with Gasteiger partial charge >= 0.3 is 0 Å². The van der Waals surface area contributed by atoms with Crippen LogP contribution in [-0.2, 0) is 4.79 Å². The zero-order chi connectivity index (χ0) is 14.3. The van der Waals surface area contributed by atoms with Gasteiger partial charge in [-0.25, -0.2) is 0 Å². The molecule has 5 heteroatoms. The van der Waals surface area contributed by atoms with Crippen LogP contribution in [0.15, 0.2) is 24.3 Å². The molecule has 0 unspecified atom stereocenters. The number of anilines is 2. The Morgan fingerprint density at radius 1 is 1.16 bits per heavy atom. The van der Waals surface area contributed by atoms with E-state index in [0.29, 0.717) is 11.5 Å². The fourth-order valence-corrected chi connectivity index (χ4v) is 2.01. The molecule has 0 atom stereocenters. The predicted molar refractivity (Wildman–Crippen MR) is 84.5 cm³/mol. The van der Waals surface area contributed by atoms with Gasteiger partial charge in [-0.15, -0.1) is 0 Å². The van der Waals surface area contributed by atoms with E-state index in [4.69, 9.17) is 12.2 Å². The molecular weight excluding hydrogens is 258 g/mol. The number of benzene rings is 1. The van der Waals surface area contributed by atoms with Crippen molar-refractivity contribution in [2.75, 3.05) is 23.7 Å². The van der Waals surface area contributed by atoms with Crippen molar-refractivity contribution in [1.82, 2.24) is 4.90 Å². The van der Waals surface area contributed by atoms with Gasteiger partial charge in [-0.1, -0.05) is 13.0 Å². The van der Waals surface area contributed by atoms with Crippen LogP contribution in [0.4, 0.5) is 11.4 Å². The maximum Gasteiger partial charge on any atom is 0.224 e. The van der Waals surface area contributed by atoms with Gasteiger partial charge in [0.1, 0.15) is 0 Å². The van der Waals surface area contributed by atoms with Crippen LogP contribution in [-0.4, -0.2) is 29.0 Å². The second kappa shape index (κ2) is 7.74. The van der Waals surface area contributed by atoms with E-state index in [9.17, 15) is 4.79 Å². The van der Waals surface area contributed by atoms with Crippen LogP contribution < -0.4 is 10.6 Å².